The van der Waals surface area contributed by atoms with Gasteiger partial charge in [-0.15, -0.1) is 19.0 Å². The third-order valence-electron chi connectivity index (χ3n) is 2.14. The lowest BCUT2D eigenvalue weighted by atomic mass is 10.1. The maximum Gasteiger partial charge on any atom is 0.200 e. The number of ether oxygens (including phenoxy) is 2. The number of aromatic hydroxyl groups is 1. The summed E-state index contributed by atoms with van der Waals surface area (Å²) in [5.74, 6) is 0.642. The summed E-state index contributed by atoms with van der Waals surface area (Å²) in [6.07, 6.45) is 1.60. The molecule has 0 aliphatic rings. The van der Waals surface area contributed by atoms with Crippen molar-refractivity contribution in [2.75, 3.05) is 14.2 Å². The molecular weight excluding hydrogens is 230 g/mol. The number of hydrogen-bond acceptors (Lipinski definition) is 4. The largest absolute Gasteiger partial charge is 0.502 e. The lowest BCUT2D eigenvalue weighted by Gasteiger charge is -2.13. The zero-order chi connectivity index (χ0) is 11.4. The summed E-state index contributed by atoms with van der Waals surface area (Å²) in [6, 6.07) is 3.00. The molecule has 0 bridgehead atoms. The van der Waals surface area contributed by atoms with Crippen LogP contribution >= 0.6 is 12.4 Å². The van der Waals surface area contributed by atoms with Gasteiger partial charge >= 0.3 is 0 Å². The number of rotatable bonds is 4. The van der Waals surface area contributed by atoms with E-state index in [1.165, 1.54) is 14.2 Å². The first kappa shape index (κ1) is 14.6. The van der Waals surface area contributed by atoms with E-state index in [0.29, 0.717) is 11.5 Å². The molecule has 0 radical (unpaired) electrons. The summed E-state index contributed by atoms with van der Waals surface area (Å²) < 4.78 is 10.0. The molecule has 0 spiro atoms. The number of methoxy groups -OCH3 is 2. The predicted octanol–water partition coefficient (Wildman–Crippen LogP) is 2.02. The van der Waals surface area contributed by atoms with Crippen LogP contribution in [0, 0.1) is 0 Å². The molecule has 90 valence electrons. The summed E-state index contributed by atoms with van der Waals surface area (Å²) >= 11 is 0. The Morgan fingerprint density at radius 2 is 1.75 bits per heavy atom. The van der Waals surface area contributed by atoms with Crippen LogP contribution in [0.4, 0.5) is 0 Å². The van der Waals surface area contributed by atoms with Gasteiger partial charge in [0.25, 0.3) is 0 Å². The average molecular weight is 246 g/mol. The Balaban J connectivity index is 0.00000225. The van der Waals surface area contributed by atoms with Crippen molar-refractivity contribution in [1.82, 2.24) is 0 Å². The normalized spacial score (nSPS) is 11.2. The third kappa shape index (κ3) is 2.81. The van der Waals surface area contributed by atoms with Gasteiger partial charge in [0.15, 0.2) is 11.5 Å². The van der Waals surface area contributed by atoms with Crippen LogP contribution in [0.1, 0.15) is 11.6 Å². The molecular formula is C11H16ClNO3. The molecule has 0 unspecified atom stereocenters. The standard InChI is InChI=1S/C11H15NO3.ClH/c1-4-8(12)7-5-9(14-2)11(13)10(6-7)15-3;/h4-6,8,13H,1,12H2,2-3H3;1H/t8-;/m1./s1. The maximum atomic E-state index is 9.65. The van der Waals surface area contributed by atoms with E-state index in [2.05, 4.69) is 6.58 Å². The smallest absolute Gasteiger partial charge is 0.200 e. The SMILES string of the molecule is C=C[C@@H](N)c1cc(OC)c(O)c(OC)c1.Cl. The Labute approximate surface area is 101 Å². The molecule has 1 rings (SSSR count). The summed E-state index contributed by atoms with van der Waals surface area (Å²) in [7, 11) is 2.94. The van der Waals surface area contributed by atoms with E-state index < -0.39 is 0 Å². The fourth-order valence-corrected chi connectivity index (χ4v) is 1.24. The summed E-state index contributed by atoms with van der Waals surface area (Å²) in [6.45, 7) is 3.60. The van der Waals surface area contributed by atoms with Crippen LogP contribution in [0.5, 0.6) is 17.2 Å². The van der Waals surface area contributed by atoms with Crippen LogP contribution in [0.15, 0.2) is 24.8 Å². The van der Waals surface area contributed by atoms with Crippen molar-refractivity contribution in [2.24, 2.45) is 5.73 Å². The van der Waals surface area contributed by atoms with Crippen LogP contribution in [0.2, 0.25) is 0 Å². The van der Waals surface area contributed by atoms with Crippen molar-refractivity contribution >= 4 is 12.4 Å². The van der Waals surface area contributed by atoms with E-state index in [9.17, 15) is 5.11 Å². The topological polar surface area (TPSA) is 64.7 Å². The number of nitrogens with two attached hydrogens (primary N) is 1. The summed E-state index contributed by atoms with van der Waals surface area (Å²) in [5, 5.41) is 9.65. The molecule has 4 nitrogen and oxygen atoms in total. The number of phenols is 1. The van der Waals surface area contributed by atoms with Gasteiger partial charge in [0.1, 0.15) is 0 Å². The van der Waals surface area contributed by atoms with Gasteiger partial charge in [-0.05, 0) is 17.7 Å². The Hall–Kier alpha value is -1.39. The average Bonchev–Trinajstić information content (AvgIpc) is 2.28. The van der Waals surface area contributed by atoms with E-state index >= 15 is 0 Å². The number of phenolic OH excluding ortho intramolecular Hbond substituents is 1. The van der Waals surface area contributed by atoms with Crippen molar-refractivity contribution in [3.8, 4) is 17.2 Å². The molecule has 16 heavy (non-hydrogen) atoms. The summed E-state index contributed by atoms with van der Waals surface area (Å²) in [4.78, 5) is 0. The molecule has 1 aromatic rings. The van der Waals surface area contributed by atoms with Gasteiger partial charge in [-0.1, -0.05) is 6.08 Å². The Kier molecular flexibility index (Phi) is 5.71. The van der Waals surface area contributed by atoms with E-state index in [4.69, 9.17) is 15.2 Å². The Morgan fingerprint density at radius 3 is 2.06 bits per heavy atom. The Bertz CT molecular complexity index is 343. The number of hydrogen-bond donors (Lipinski definition) is 2. The zero-order valence-electron chi connectivity index (χ0n) is 9.27. The minimum absolute atomic E-state index is 0. The molecule has 0 aliphatic carbocycles. The lowest BCUT2D eigenvalue weighted by molar-refractivity contribution is 0.339. The van der Waals surface area contributed by atoms with Gasteiger partial charge in [-0.25, -0.2) is 0 Å². The predicted molar refractivity (Wildman–Crippen MR) is 65.6 cm³/mol. The van der Waals surface area contributed by atoms with Gasteiger partial charge in [0.05, 0.1) is 14.2 Å². The highest BCUT2D eigenvalue weighted by molar-refractivity contribution is 5.85. The molecule has 0 aliphatic heterocycles. The molecule has 0 aromatic heterocycles. The number of halogens is 1. The first-order valence-electron chi connectivity index (χ1n) is 4.47. The van der Waals surface area contributed by atoms with E-state index in [1.807, 2.05) is 0 Å². The second-order valence-electron chi connectivity index (χ2n) is 3.04. The van der Waals surface area contributed by atoms with E-state index in [-0.39, 0.29) is 24.2 Å². The van der Waals surface area contributed by atoms with Crippen LogP contribution < -0.4 is 15.2 Å². The minimum atomic E-state index is -0.312. The lowest BCUT2D eigenvalue weighted by Crippen LogP contribution is -2.07. The number of benzene rings is 1. The monoisotopic (exact) mass is 245 g/mol. The highest BCUT2D eigenvalue weighted by Crippen LogP contribution is 2.38. The van der Waals surface area contributed by atoms with Crippen molar-refractivity contribution in [3.05, 3.63) is 30.4 Å². The first-order valence-corrected chi connectivity index (χ1v) is 4.47. The van der Waals surface area contributed by atoms with Crippen molar-refractivity contribution in [3.63, 3.8) is 0 Å². The molecule has 5 heteroatoms. The fourth-order valence-electron chi connectivity index (χ4n) is 1.24. The molecule has 0 amide bonds. The first-order chi connectivity index (χ1) is 7.13. The molecule has 3 N–H and O–H groups in total. The van der Waals surface area contributed by atoms with Crippen molar-refractivity contribution in [2.45, 2.75) is 6.04 Å². The van der Waals surface area contributed by atoms with Gasteiger partial charge in [0.2, 0.25) is 5.75 Å². The highest BCUT2D eigenvalue weighted by atomic mass is 35.5. The minimum Gasteiger partial charge on any atom is -0.502 e. The fraction of sp³-hybridized carbons (Fsp3) is 0.273. The van der Waals surface area contributed by atoms with Gasteiger partial charge in [-0.3, -0.25) is 0 Å². The molecule has 0 heterocycles. The van der Waals surface area contributed by atoms with Gasteiger partial charge in [0, 0.05) is 6.04 Å². The second-order valence-corrected chi connectivity index (χ2v) is 3.04. The Morgan fingerprint density at radius 1 is 1.31 bits per heavy atom. The van der Waals surface area contributed by atoms with Crippen molar-refractivity contribution < 1.29 is 14.6 Å². The van der Waals surface area contributed by atoms with Crippen LogP contribution in [-0.2, 0) is 0 Å². The van der Waals surface area contributed by atoms with Crippen LogP contribution in [0.25, 0.3) is 0 Å². The summed E-state index contributed by atoms with van der Waals surface area (Å²) in [5.41, 5.74) is 6.56. The van der Waals surface area contributed by atoms with Gasteiger partial charge < -0.3 is 20.3 Å². The quantitative estimate of drug-likeness (QED) is 0.797. The molecule has 0 saturated heterocycles. The zero-order valence-corrected chi connectivity index (χ0v) is 10.1. The molecule has 0 fully saturated rings. The maximum absolute atomic E-state index is 9.65. The van der Waals surface area contributed by atoms with Gasteiger partial charge in [-0.2, -0.15) is 0 Å². The third-order valence-corrected chi connectivity index (χ3v) is 2.14. The van der Waals surface area contributed by atoms with Crippen LogP contribution in [0.3, 0.4) is 0 Å². The van der Waals surface area contributed by atoms with E-state index in [1.54, 1.807) is 18.2 Å². The molecule has 0 saturated carbocycles. The van der Waals surface area contributed by atoms with Crippen LogP contribution in [-0.4, -0.2) is 19.3 Å². The van der Waals surface area contributed by atoms with E-state index in [0.717, 1.165) is 5.56 Å². The van der Waals surface area contributed by atoms with Crippen molar-refractivity contribution in [1.29, 1.82) is 0 Å². The molecule has 1 aromatic carbocycles. The second kappa shape index (κ2) is 6.25. The molecule has 1 atom stereocenters. The highest BCUT2D eigenvalue weighted by Gasteiger charge is 2.13.